The van der Waals surface area contributed by atoms with Gasteiger partial charge in [0.2, 0.25) is 0 Å². The smallest absolute Gasteiger partial charge is 0.309 e. The molecule has 0 radical (unpaired) electrons. The third-order valence-corrected chi connectivity index (χ3v) is 3.19. The standard InChI is InChI=1S/C18H20O3/c1-13-8-14(2)10-16(9-13)12-21-17-6-4-15(5-7-17)11-18(19)20-3/h4-10H,11-12H2,1-3H3. The van der Waals surface area contributed by atoms with Gasteiger partial charge in [0.15, 0.2) is 0 Å². The van der Waals surface area contributed by atoms with Gasteiger partial charge in [0, 0.05) is 0 Å². The molecule has 0 amide bonds. The predicted octanol–water partition coefficient (Wildman–Crippen LogP) is 3.60. The molecule has 0 heterocycles. The largest absolute Gasteiger partial charge is 0.489 e. The highest BCUT2D eigenvalue weighted by atomic mass is 16.5. The lowest BCUT2D eigenvalue weighted by Gasteiger charge is -2.09. The van der Waals surface area contributed by atoms with Gasteiger partial charge in [-0.05, 0) is 37.1 Å². The van der Waals surface area contributed by atoms with E-state index >= 15 is 0 Å². The van der Waals surface area contributed by atoms with Crippen LogP contribution in [0, 0.1) is 13.8 Å². The summed E-state index contributed by atoms with van der Waals surface area (Å²) < 4.78 is 10.4. The number of aryl methyl sites for hydroxylation is 2. The summed E-state index contributed by atoms with van der Waals surface area (Å²) in [5, 5.41) is 0. The summed E-state index contributed by atoms with van der Waals surface area (Å²) in [6, 6.07) is 13.9. The first-order valence-electron chi connectivity index (χ1n) is 6.92. The molecule has 21 heavy (non-hydrogen) atoms. The Morgan fingerprint density at radius 3 is 2.14 bits per heavy atom. The van der Waals surface area contributed by atoms with Crippen molar-refractivity contribution in [1.29, 1.82) is 0 Å². The molecular formula is C18H20O3. The summed E-state index contributed by atoms with van der Waals surface area (Å²) in [5.41, 5.74) is 4.55. The van der Waals surface area contributed by atoms with Crippen molar-refractivity contribution < 1.29 is 14.3 Å². The van der Waals surface area contributed by atoms with Crippen LogP contribution in [-0.4, -0.2) is 13.1 Å². The lowest BCUT2D eigenvalue weighted by molar-refractivity contribution is -0.139. The maximum Gasteiger partial charge on any atom is 0.309 e. The monoisotopic (exact) mass is 284 g/mol. The molecule has 3 heteroatoms. The molecule has 0 aromatic heterocycles. The second-order valence-electron chi connectivity index (χ2n) is 5.18. The molecule has 0 N–H and O–H groups in total. The van der Waals surface area contributed by atoms with Crippen LogP contribution in [0.2, 0.25) is 0 Å². The Labute approximate surface area is 125 Å². The van der Waals surface area contributed by atoms with Gasteiger partial charge in [0.05, 0.1) is 13.5 Å². The van der Waals surface area contributed by atoms with Gasteiger partial charge in [0.1, 0.15) is 12.4 Å². The molecule has 0 aliphatic rings. The third kappa shape index (κ3) is 4.63. The highest BCUT2D eigenvalue weighted by Crippen LogP contribution is 2.16. The second-order valence-corrected chi connectivity index (χ2v) is 5.18. The summed E-state index contributed by atoms with van der Waals surface area (Å²) in [4.78, 5) is 11.2. The number of carbonyl (C=O) groups is 1. The van der Waals surface area contributed by atoms with Gasteiger partial charge in [-0.1, -0.05) is 41.5 Å². The Bertz CT molecular complexity index is 595. The van der Waals surface area contributed by atoms with Crippen LogP contribution in [-0.2, 0) is 22.6 Å². The van der Waals surface area contributed by atoms with Crippen molar-refractivity contribution in [2.75, 3.05) is 7.11 Å². The fourth-order valence-corrected chi connectivity index (χ4v) is 2.26. The van der Waals surface area contributed by atoms with Gasteiger partial charge in [0.25, 0.3) is 0 Å². The lowest BCUT2D eigenvalue weighted by Crippen LogP contribution is -2.04. The van der Waals surface area contributed by atoms with E-state index in [1.807, 2.05) is 24.3 Å². The van der Waals surface area contributed by atoms with Crippen molar-refractivity contribution in [2.45, 2.75) is 26.9 Å². The molecule has 0 unspecified atom stereocenters. The zero-order chi connectivity index (χ0) is 15.2. The van der Waals surface area contributed by atoms with Gasteiger partial charge in [-0.25, -0.2) is 0 Å². The average Bonchev–Trinajstić information content (AvgIpc) is 2.45. The van der Waals surface area contributed by atoms with E-state index in [-0.39, 0.29) is 12.4 Å². The summed E-state index contributed by atoms with van der Waals surface area (Å²) >= 11 is 0. The number of hydrogen-bond acceptors (Lipinski definition) is 3. The number of hydrogen-bond donors (Lipinski definition) is 0. The van der Waals surface area contributed by atoms with Crippen LogP contribution in [0.15, 0.2) is 42.5 Å². The molecular weight excluding hydrogens is 264 g/mol. The van der Waals surface area contributed by atoms with Crippen molar-refractivity contribution in [1.82, 2.24) is 0 Å². The van der Waals surface area contributed by atoms with E-state index in [4.69, 9.17) is 4.74 Å². The molecule has 0 saturated heterocycles. The van der Waals surface area contributed by atoms with Crippen LogP contribution in [0.1, 0.15) is 22.3 Å². The van der Waals surface area contributed by atoms with Crippen LogP contribution in [0.3, 0.4) is 0 Å². The molecule has 2 aromatic rings. The first-order valence-corrected chi connectivity index (χ1v) is 6.92. The van der Waals surface area contributed by atoms with Crippen LogP contribution in [0.25, 0.3) is 0 Å². The van der Waals surface area contributed by atoms with Crippen LogP contribution in [0.5, 0.6) is 5.75 Å². The number of benzene rings is 2. The number of methoxy groups -OCH3 is 1. The van der Waals surface area contributed by atoms with Crippen molar-refractivity contribution in [3.8, 4) is 5.75 Å². The fourth-order valence-electron chi connectivity index (χ4n) is 2.26. The Morgan fingerprint density at radius 2 is 1.57 bits per heavy atom. The predicted molar refractivity (Wildman–Crippen MR) is 82.4 cm³/mol. The van der Waals surface area contributed by atoms with E-state index in [1.165, 1.54) is 18.2 Å². The molecule has 2 aromatic carbocycles. The zero-order valence-corrected chi connectivity index (χ0v) is 12.7. The number of ether oxygens (including phenoxy) is 2. The first-order chi connectivity index (χ1) is 10.1. The Kier molecular flexibility index (Phi) is 4.99. The quantitative estimate of drug-likeness (QED) is 0.787. The molecule has 0 spiro atoms. The molecule has 0 aliphatic carbocycles. The summed E-state index contributed by atoms with van der Waals surface area (Å²) in [6.45, 7) is 4.70. The molecule has 0 saturated carbocycles. The van der Waals surface area contributed by atoms with Gasteiger partial charge in [-0.15, -0.1) is 0 Å². The van der Waals surface area contributed by atoms with Gasteiger partial charge < -0.3 is 9.47 Å². The topological polar surface area (TPSA) is 35.5 Å². The maximum atomic E-state index is 11.2. The highest BCUT2D eigenvalue weighted by molar-refractivity contribution is 5.72. The third-order valence-electron chi connectivity index (χ3n) is 3.19. The molecule has 110 valence electrons. The molecule has 2 rings (SSSR count). The van der Waals surface area contributed by atoms with Crippen LogP contribution < -0.4 is 4.74 Å². The summed E-state index contributed by atoms with van der Waals surface area (Å²) in [7, 11) is 1.39. The lowest BCUT2D eigenvalue weighted by atomic mass is 10.1. The highest BCUT2D eigenvalue weighted by Gasteiger charge is 2.03. The van der Waals surface area contributed by atoms with Gasteiger partial charge in [-0.2, -0.15) is 0 Å². The average molecular weight is 284 g/mol. The second kappa shape index (κ2) is 6.93. The maximum absolute atomic E-state index is 11.2. The van der Waals surface area contributed by atoms with E-state index in [9.17, 15) is 4.79 Å². The minimum absolute atomic E-state index is 0.237. The number of carbonyl (C=O) groups excluding carboxylic acids is 1. The van der Waals surface area contributed by atoms with Crippen molar-refractivity contribution in [3.05, 3.63) is 64.7 Å². The summed E-state index contributed by atoms with van der Waals surface area (Å²) in [6.07, 6.45) is 0.286. The minimum Gasteiger partial charge on any atom is -0.489 e. The normalized spacial score (nSPS) is 10.2. The van der Waals surface area contributed by atoms with Crippen molar-refractivity contribution in [2.24, 2.45) is 0 Å². The van der Waals surface area contributed by atoms with E-state index in [2.05, 4.69) is 36.8 Å². The Hall–Kier alpha value is -2.29. The fraction of sp³-hybridized carbons (Fsp3) is 0.278. The van der Waals surface area contributed by atoms with Crippen molar-refractivity contribution >= 4 is 5.97 Å². The number of rotatable bonds is 5. The SMILES string of the molecule is COC(=O)Cc1ccc(OCc2cc(C)cc(C)c2)cc1. The zero-order valence-electron chi connectivity index (χ0n) is 12.7. The van der Waals surface area contributed by atoms with Crippen LogP contribution >= 0.6 is 0 Å². The minimum atomic E-state index is -0.237. The van der Waals surface area contributed by atoms with E-state index < -0.39 is 0 Å². The summed E-state index contributed by atoms with van der Waals surface area (Å²) in [5.74, 6) is 0.557. The molecule has 3 nitrogen and oxygen atoms in total. The Morgan fingerprint density at radius 1 is 0.952 bits per heavy atom. The van der Waals surface area contributed by atoms with E-state index in [0.717, 1.165) is 16.9 Å². The van der Waals surface area contributed by atoms with Crippen molar-refractivity contribution in [3.63, 3.8) is 0 Å². The van der Waals surface area contributed by atoms with E-state index in [0.29, 0.717) is 6.61 Å². The van der Waals surface area contributed by atoms with E-state index in [1.54, 1.807) is 0 Å². The van der Waals surface area contributed by atoms with Gasteiger partial charge >= 0.3 is 5.97 Å². The van der Waals surface area contributed by atoms with Crippen LogP contribution in [0.4, 0.5) is 0 Å². The number of esters is 1. The first kappa shape index (κ1) is 15.1. The molecule has 0 aliphatic heterocycles. The van der Waals surface area contributed by atoms with Gasteiger partial charge in [-0.3, -0.25) is 4.79 Å². The Balaban J connectivity index is 1.95. The molecule has 0 fully saturated rings. The molecule has 0 bridgehead atoms. The molecule has 0 atom stereocenters.